The van der Waals surface area contributed by atoms with Gasteiger partial charge in [0.2, 0.25) is 0 Å². The minimum Gasteiger partial charge on any atom is -0.496 e. The van der Waals surface area contributed by atoms with Crippen molar-refractivity contribution >= 4 is 11.8 Å². The van der Waals surface area contributed by atoms with Gasteiger partial charge in [-0.05, 0) is 24.6 Å². The molecule has 6 heteroatoms. The maximum atomic E-state index is 11.2. The first-order chi connectivity index (χ1) is 9.60. The van der Waals surface area contributed by atoms with Gasteiger partial charge in [-0.1, -0.05) is 17.8 Å². The highest BCUT2D eigenvalue weighted by molar-refractivity contribution is 7.98. The summed E-state index contributed by atoms with van der Waals surface area (Å²) in [6, 6.07) is 7.26. The summed E-state index contributed by atoms with van der Waals surface area (Å²) in [6.45, 7) is 1.94. The zero-order valence-electron chi connectivity index (χ0n) is 11.4. The van der Waals surface area contributed by atoms with Crippen LogP contribution in [0.4, 0.5) is 0 Å². The largest absolute Gasteiger partial charge is 0.496 e. The summed E-state index contributed by atoms with van der Waals surface area (Å²) in [4.78, 5) is 18.0. The predicted octanol–water partition coefficient (Wildman–Crippen LogP) is 2.09. The van der Waals surface area contributed by atoms with Gasteiger partial charge < -0.3 is 15.5 Å². The Kier molecular flexibility index (Phi) is 4.81. The van der Waals surface area contributed by atoms with Gasteiger partial charge in [-0.25, -0.2) is 4.98 Å². The number of nitrogens with zero attached hydrogens (tertiary/aromatic N) is 1. The minimum atomic E-state index is -0.154. The molecule has 20 heavy (non-hydrogen) atoms. The number of nitrogens with one attached hydrogen (secondary N) is 1. The molecule has 0 saturated heterocycles. The van der Waals surface area contributed by atoms with E-state index in [1.54, 1.807) is 7.11 Å². The maximum absolute atomic E-state index is 11.2. The predicted molar refractivity (Wildman–Crippen MR) is 80.0 cm³/mol. The number of hydrogen-bond acceptors (Lipinski definition) is 5. The molecule has 0 radical (unpaired) electrons. The van der Waals surface area contributed by atoms with Gasteiger partial charge in [-0.2, -0.15) is 0 Å². The van der Waals surface area contributed by atoms with Crippen LogP contribution < -0.4 is 16.0 Å². The van der Waals surface area contributed by atoms with E-state index in [1.807, 2.05) is 25.1 Å². The van der Waals surface area contributed by atoms with Crippen molar-refractivity contribution in [3.63, 3.8) is 0 Å². The molecule has 2 rings (SSSR count). The van der Waals surface area contributed by atoms with E-state index in [0.717, 1.165) is 16.9 Å². The molecule has 0 saturated carbocycles. The van der Waals surface area contributed by atoms with E-state index in [1.165, 1.54) is 24.0 Å². The van der Waals surface area contributed by atoms with Crippen LogP contribution in [0.2, 0.25) is 0 Å². The third-order valence-corrected chi connectivity index (χ3v) is 3.78. The van der Waals surface area contributed by atoms with Crippen molar-refractivity contribution in [2.45, 2.75) is 23.9 Å². The number of aromatic amines is 1. The molecule has 1 aromatic heterocycles. The monoisotopic (exact) mass is 291 g/mol. The number of hydrogen-bond donors (Lipinski definition) is 2. The maximum Gasteiger partial charge on any atom is 0.251 e. The molecule has 1 unspecified atom stereocenters. The van der Waals surface area contributed by atoms with E-state index in [0.29, 0.717) is 10.9 Å². The second-order valence-electron chi connectivity index (χ2n) is 4.39. The molecule has 1 heterocycles. The van der Waals surface area contributed by atoms with E-state index < -0.39 is 0 Å². The summed E-state index contributed by atoms with van der Waals surface area (Å²) in [7, 11) is 1.64. The quantitative estimate of drug-likeness (QED) is 0.651. The Labute approximate surface area is 121 Å². The van der Waals surface area contributed by atoms with Crippen LogP contribution in [0.25, 0.3) is 0 Å². The topological polar surface area (TPSA) is 81.0 Å². The van der Waals surface area contributed by atoms with Crippen LogP contribution in [0.3, 0.4) is 0 Å². The fraction of sp³-hybridized carbons (Fsp3) is 0.286. The lowest BCUT2D eigenvalue weighted by Gasteiger charge is -2.12. The lowest BCUT2D eigenvalue weighted by molar-refractivity contribution is 0.411. The molecule has 0 bridgehead atoms. The summed E-state index contributed by atoms with van der Waals surface area (Å²) in [5.41, 5.74) is 7.82. The first-order valence-corrected chi connectivity index (χ1v) is 7.19. The number of aromatic nitrogens is 2. The minimum absolute atomic E-state index is 0.0284. The molecule has 0 aliphatic heterocycles. The summed E-state index contributed by atoms with van der Waals surface area (Å²) in [5.74, 6) is 1.46. The molecule has 0 aliphatic rings. The Balaban J connectivity index is 2.19. The van der Waals surface area contributed by atoms with Crippen LogP contribution in [0.15, 0.2) is 40.4 Å². The third kappa shape index (κ3) is 3.61. The smallest absolute Gasteiger partial charge is 0.251 e. The van der Waals surface area contributed by atoms with Gasteiger partial charge in [-0.3, -0.25) is 4.79 Å². The zero-order chi connectivity index (χ0) is 14.5. The lowest BCUT2D eigenvalue weighted by Crippen LogP contribution is -2.06. The Morgan fingerprint density at radius 3 is 2.90 bits per heavy atom. The Hall–Kier alpha value is -1.79. The second-order valence-corrected chi connectivity index (χ2v) is 5.35. The zero-order valence-corrected chi connectivity index (χ0v) is 12.2. The molecule has 0 aliphatic carbocycles. The molecule has 1 atom stereocenters. The second kappa shape index (κ2) is 6.58. The molecular weight excluding hydrogens is 274 g/mol. The first-order valence-electron chi connectivity index (χ1n) is 6.20. The van der Waals surface area contributed by atoms with Crippen LogP contribution in [0, 0.1) is 0 Å². The first kappa shape index (κ1) is 14.6. The van der Waals surface area contributed by atoms with Gasteiger partial charge in [0, 0.05) is 29.6 Å². The van der Waals surface area contributed by atoms with Crippen molar-refractivity contribution in [2.24, 2.45) is 5.73 Å². The van der Waals surface area contributed by atoms with Crippen LogP contribution in [-0.4, -0.2) is 17.1 Å². The molecule has 5 nitrogen and oxygen atoms in total. The van der Waals surface area contributed by atoms with E-state index in [4.69, 9.17) is 10.5 Å². The SMILES string of the molecule is COc1ccc(C(C)N)cc1CSc1nccc(=O)[nH]1. The average molecular weight is 291 g/mol. The highest BCUT2D eigenvalue weighted by atomic mass is 32.2. The van der Waals surface area contributed by atoms with E-state index in [9.17, 15) is 4.79 Å². The van der Waals surface area contributed by atoms with Gasteiger partial charge in [0.15, 0.2) is 5.16 Å². The number of H-pyrrole nitrogens is 1. The Morgan fingerprint density at radius 2 is 2.25 bits per heavy atom. The Morgan fingerprint density at radius 1 is 1.45 bits per heavy atom. The molecule has 106 valence electrons. The van der Waals surface area contributed by atoms with Gasteiger partial charge in [0.05, 0.1) is 7.11 Å². The normalized spacial score (nSPS) is 12.2. The summed E-state index contributed by atoms with van der Waals surface area (Å²) < 4.78 is 5.35. The van der Waals surface area contributed by atoms with Crippen LogP contribution in [0.5, 0.6) is 5.75 Å². The Bertz CT molecular complexity index is 640. The van der Waals surface area contributed by atoms with E-state index in [2.05, 4.69) is 9.97 Å². The lowest BCUT2D eigenvalue weighted by atomic mass is 10.1. The summed E-state index contributed by atoms with van der Waals surface area (Å²) in [6.07, 6.45) is 1.50. The van der Waals surface area contributed by atoms with E-state index >= 15 is 0 Å². The highest BCUT2D eigenvalue weighted by Crippen LogP contribution is 2.28. The number of methoxy groups -OCH3 is 1. The number of rotatable bonds is 5. The molecule has 3 N–H and O–H groups in total. The van der Waals surface area contributed by atoms with Crippen molar-refractivity contribution in [3.05, 3.63) is 51.9 Å². The number of nitrogens with two attached hydrogens (primary N) is 1. The average Bonchev–Trinajstić information content (AvgIpc) is 2.44. The molecule has 0 amide bonds. The molecule has 1 aromatic carbocycles. The summed E-state index contributed by atoms with van der Waals surface area (Å²) >= 11 is 1.45. The molecular formula is C14H17N3O2S. The van der Waals surface area contributed by atoms with Gasteiger partial charge >= 0.3 is 0 Å². The van der Waals surface area contributed by atoms with Crippen LogP contribution >= 0.6 is 11.8 Å². The number of benzene rings is 1. The van der Waals surface area contributed by atoms with Crippen LogP contribution in [0.1, 0.15) is 24.1 Å². The van der Waals surface area contributed by atoms with Crippen molar-refractivity contribution in [1.82, 2.24) is 9.97 Å². The van der Waals surface area contributed by atoms with Crippen molar-refractivity contribution in [2.75, 3.05) is 7.11 Å². The van der Waals surface area contributed by atoms with Crippen molar-refractivity contribution < 1.29 is 4.74 Å². The van der Waals surface area contributed by atoms with E-state index in [-0.39, 0.29) is 11.6 Å². The van der Waals surface area contributed by atoms with Gasteiger partial charge in [0.1, 0.15) is 5.75 Å². The molecule has 2 aromatic rings. The van der Waals surface area contributed by atoms with Gasteiger partial charge in [0.25, 0.3) is 5.56 Å². The van der Waals surface area contributed by atoms with Crippen molar-refractivity contribution in [3.8, 4) is 5.75 Å². The summed E-state index contributed by atoms with van der Waals surface area (Å²) in [5, 5.41) is 0.589. The third-order valence-electron chi connectivity index (χ3n) is 2.84. The molecule has 0 spiro atoms. The number of ether oxygens (including phenoxy) is 1. The molecule has 0 fully saturated rings. The highest BCUT2D eigenvalue weighted by Gasteiger charge is 2.08. The number of thioether (sulfide) groups is 1. The fourth-order valence-electron chi connectivity index (χ4n) is 1.77. The van der Waals surface area contributed by atoms with Crippen LogP contribution in [-0.2, 0) is 5.75 Å². The van der Waals surface area contributed by atoms with Crippen molar-refractivity contribution in [1.29, 1.82) is 0 Å². The standard InChI is InChI=1S/C14H17N3O2S/c1-9(15)10-3-4-12(19-2)11(7-10)8-20-14-16-6-5-13(18)17-14/h3-7,9H,8,15H2,1-2H3,(H,16,17,18). The fourth-order valence-corrected chi connectivity index (χ4v) is 2.59. The van der Waals surface area contributed by atoms with Gasteiger partial charge in [-0.15, -0.1) is 0 Å².